The van der Waals surface area contributed by atoms with Gasteiger partial charge < -0.3 is 20.2 Å². The molecule has 1 saturated carbocycles. The highest BCUT2D eigenvalue weighted by molar-refractivity contribution is 5.91. The van der Waals surface area contributed by atoms with Crippen LogP contribution in [0.5, 0.6) is 0 Å². The highest BCUT2D eigenvalue weighted by Gasteiger charge is 2.28. The predicted octanol–water partition coefficient (Wildman–Crippen LogP) is 3.52. The number of nitrogens with one attached hydrogen (secondary N) is 2. The van der Waals surface area contributed by atoms with Crippen LogP contribution in [0.25, 0.3) is 11.1 Å². The molecule has 6 heteroatoms. The molecule has 25 heavy (non-hydrogen) atoms. The SMILES string of the molecule is O=C(NCc1ccccc1CO)Nc1ccc2nc(C3CC3)oc2c1. The van der Waals surface area contributed by atoms with Crippen molar-refractivity contribution < 1.29 is 14.3 Å². The molecule has 6 nitrogen and oxygen atoms in total. The van der Waals surface area contributed by atoms with E-state index in [9.17, 15) is 9.90 Å². The van der Waals surface area contributed by atoms with Gasteiger partial charge in [0.25, 0.3) is 0 Å². The van der Waals surface area contributed by atoms with Crippen LogP contribution in [0.15, 0.2) is 46.9 Å². The molecule has 128 valence electrons. The quantitative estimate of drug-likeness (QED) is 0.665. The Morgan fingerprint density at radius 1 is 1.20 bits per heavy atom. The molecule has 2 amide bonds. The maximum Gasteiger partial charge on any atom is 0.319 e. The smallest absolute Gasteiger partial charge is 0.319 e. The number of aliphatic hydroxyl groups excluding tert-OH is 1. The topological polar surface area (TPSA) is 87.4 Å². The van der Waals surface area contributed by atoms with E-state index in [0.29, 0.717) is 23.7 Å². The van der Waals surface area contributed by atoms with Gasteiger partial charge in [-0.2, -0.15) is 0 Å². The lowest BCUT2D eigenvalue weighted by atomic mass is 10.1. The number of nitrogens with zero attached hydrogens (tertiary/aromatic N) is 1. The fourth-order valence-corrected chi connectivity index (χ4v) is 2.76. The van der Waals surface area contributed by atoms with Crippen molar-refractivity contribution in [3.05, 3.63) is 59.5 Å². The van der Waals surface area contributed by atoms with Gasteiger partial charge in [0.2, 0.25) is 0 Å². The van der Waals surface area contributed by atoms with Crippen LogP contribution in [-0.2, 0) is 13.2 Å². The summed E-state index contributed by atoms with van der Waals surface area (Å²) in [5.41, 5.74) is 3.84. The molecule has 0 spiro atoms. The van der Waals surface area contributed by atoms with Crippen molar-refractivity contribution in [3.8, 4) is 0 Å². The summed E-state index contributed by atoms with van der Waals surface area (Å²) >= 11 is 0. The minimum absolute atomic E-state index is 0.0506. The molecule has 0 radical (unpaired) electrons. The van der Waals surface area contributed by atoms with Gasteiger partial charge in [-0.05, 0) is 36.1 Å². The number of carbonyl (C=O) groups is 1. The third-order valence-corrected chi connectivity index (χ3v) is 4.32. The second-order valence-corrected chi connectivity index (χ2v) is 6.24. The molecule has 1 heterocycles. The number of hydrogen-bond acceptors (Lipinski definition) is 4. The molecule has 0 atom stereocenters. The van der Waals surface area contributed by atoms with Crippen molar-refractivity contribution in [2.24, 2.45) is 0 Å². The summed E-state index contributed by atoms with van der Waals surface area (Å²) in [5, 5.41) is 14.9. The van der Waals surface area contributed by atoms with Crippen LogP contribution >= 0.6 is 0 Å². The van der Waals surface area contributed by atoms with Crippen LogP contribution in [0.1, 0.15) is 35.8 Å². The first kappa shape index (κ1) is 15.7. The van der Waals surface area contributed by atoms with Gasteiger partial charge in [0.15, 0.2) is 11.5 Å². The first-order chi connectivity index (χ1) is 12.2. The predicted molar refractivity (Wildman–Crippen MR) is 94.2 cm³/mol. The van der Waals surface area contributed by atoms with Gasteiger partial charge in [-0.15, -0.1) is 0 Å². The average molecular weight is 337 g/mol. The van der Waals surface area contributed by atoms with E-state index in [4.69, 9.17) is 4.42 Å². The number of rotatable bonds is 5. The Morgan fingerprint density at radius 2 is 2.00 bits per heavy atom. The van der Waals surface area contributed by atoms with Gasteiger partial charge in [-0.1, -0.05) is 24.3 Å². The van der Waals surface area contributed by atoms with Gasteiger partial charge >= 0.3 is 6.03 Å². The molecule has 0 aliphatic heterocycles. The molecule has 1 aliphatic rings. The Hall–Kier alpha value is -2.86. The van der Waals surface area contributed by atoms with Crippen molar-refractivity contribution in [3.63, 3.8) is 0 Å². The van der Waals surface area contributed by atoms with E-state index >= 15 is 0 Å². The summed E-state index contributed by atoms with van der Waals surface area (Å²) < 4.78 is 5.76. The number of benzene rings is 2. The maximum absolute atomic E-state index is 12.1. The van der Waals surface area contributed by atoms with Crippen LogP contribution < -0.4 is 10.6 Å². The van der Waals surface area contributed by atoms with Crippen molar-refractivity contribution in [2.75, 3.05) is 5.32 Å². The zero-order valence-electron chi connectivity index (χ0n) is 13.7. The standard InChI is InChI=1S/C19H19N3O3/c23-11-14-4-2-1-3-13(14)10-20-19(24)21-15-7-8-16-17(9-15)25-18(22-16)12-5-6-12/h1-4,7-9,12,23H,5-6,10-11H2,(H2,20,21,24). The van der Waals surface area contributed by atoms with Crippen LogP contribution in [0, 0.1) is 0 Å². The van der Waals surface area contributed by atoms with Crippen molar-refractivity contribution in [1.82, 2.24) is 10.3 Å². The fourth-order valence-electron chi connectivity index (χ4n) is 2.76. The van der Waals surface area contributed by atoms with E-state index < -0.39 is 0 Å². The van der Waals surface area contributed by atoms with Crippen molar-refractivity contribution >= 4 is 22.8 Å². The third kappa shape index (κ3) is 3.49. The number of oxazole rings is 1. The molecule has 3 aromatic rings. The van der Waals surface area contributed by atoms with E-state index in [2.05, 4.69) is 15.6 Å². The van der Waals surface area contributed by atoms with Gasteiger partial charge in [0.05, 0.1) is 6.61 Å². The lowest BCUT2D eigenvalue weighted by molar-refractivity contribution is 0.251. The molecule has 2 aromatic carbocycles. The van der Waals surface area contributed by atoms with E-state index in [1.54, 1.807) is 6.07 Å². The third-order valence-electron chi connectivity index (χ3n) is 4.32. The Kier molecular flexibility index (Phi) is 4.11. The highest BCUT2D eigenvalue weighted by Crippen LogP contribution is 2.40. The van der Waals surface area contributed by atoms with E-state index in [0.717, 1.165) is 35.4 Å². The number of urea groups is 1. The van der Waals surface area contributed by atoms with Crippen molar-refractivity contribution in [1.29, 1.82) is 0 Å². The summed E-state index contributed by atoms with van der Waals surface area (Å²) in [7, 11) is 0. The number of carbonyl (C=O) groups excluding carboxylic acids is 1. The number of fused-ring (bicyclic) bond motifs is 1. The molecule has 0 bridgehead atoms. The van der Waals surface area contributed by atoms with Crippen molar-refractivity contribution in [2.45, 2.75) is 31.9 Å². The number of aliphatic hydroxyl groups is 1. The summed E-state index contributed by atoms with van der Waals surface area (Å²) in [4.78, 5) is 16.6. The molecule has 0 unspecified atom stereocenters. The average Bonchev–Trinajstić information content (AvgIpc) is 3.40. The second kappa shape index (κ2) is 6.57. The number of aromatic nitrogens is 1. The Labute approximate surface area is 144 Å². The van der Waals surface area contributed by atoms with Crippen LogP contribution in [0.2, 0.25) is 0 Å². The Bertz CT molecular complexity index is 915. The largest absolute Gasteiger partial charge is 0.440 e. The molecule has 1 aromatic heterocycles. The monoisotopic (exact) mass is 337 g/mol. The van der Waals surface area contributed by atoms with Crippen LogP contribution in [-0.4, -0.2) is 16.1 Å². The zero-order chi connectivity index (χ0) is 17.2. The highest BCUT2D eigenvalue weighted by atomic mass is 16.3. The van der Waals surface area contributed by atoms with E-state index in [1.165, 1.54) is 0 Å². The van der Waals surface area contributed by atoms with Crippen LogP contribution in [0.3, 0.4) is 0 Å². The van der Waals surface area contributed by atoms with Gasteiger partial charge in [-0.25, -0.2) is 9.78 Å². The normalized spacial score (nSPS) is 13.8. The van der Waals surface area contributed by atoms with E-state index in [-0.39, 0.29) is 12.6 Å². The zero-order valence-corrected chi connectivity index (χ0v) is 13.7. The molecule has 4 rings (SSSR count). The fraction of sp³-hybridized carbons (Fsp3) is 0.263. The second-order valence-electron chi connectivity index (χ2n) is 6.24. The summed E-state index contributed by atoms with van der Waals surface area (Å²) in [6, 6.07) is 12.6. The molecule has 1 aliphatic carbocycles. The summed E-state index contributed by atoms with van der Waals surface area (Å²) in [5.74, 6) is 1.25. The molecular formula is C19H19N3O3. The Balaban J connectivity index is 1.41. The molecular weight excluding hydrogens is 318 g/mol. The van der Waals surface area contributed by atoms with Gasteiger partial charge in [0, 0.05) is 24.2 Å². The summed E-state index contributed by atoms with van der Waals surface area (Å²) in [6.45, 7) is 0.296. The first-order valence-electron chi connectivity index (χ1n) is 8.36. The number of hydrogen-bond donors (Lipinski definition) is 3. The van der Waals surface area contributed by atoms with E-state index in [1.807, 2.05) is 36.4 Å². The first-order valence-corrected chi connectivity index (χ1v) is 8.36. The lowest BCUT2D eigenvalue weighted by Gasteiger charge is -2.10. The van der Waals surface area contributed by atoms with Gasteiger partial charge in [0.1, 0.15) is 5.52 Å². The van der Waals surface area contributed by atoms with Gasteiger partial charge in [-0.3, -0.25) is 0 Å². The number of anilines is 1. The minimum atomic E-state index is -0.311. The maximum atomic E-state index is 12.1. The number of amides is 2. The summed E-state index contributed by atoms with van der Waals surface area (Å²) in [6.07, 6.45) is 2.27. The Morgan fingerprint density at radius 3 is 2.76 bits per heavy atom. The molecule has 0 saturated heterocycles. The molecule has 1 fully saturated rings. The molecule has 3 N–H and O–H groups in total. The lowest BCUT2D eigenvalue weighted by Crippen LogP contribution is -2.28. The van der Waals surface area contributed by atoms with Crippen LogP contribution in [0.4, 0.5) is 10.5 Å². The minimum Gasteiger partial charge on any atom is -0.440 e.